The molecule has 0 fully saturated rings. The van der Waals surface area contributed by atoms with E-state index in [1.54, 1.807) is 49.4 Å². The first kappa shape index (κ1) is 27.2. The molecule has 11 heteroatoms. The second-order valence-electron chi connectivity index (χ2n) is 8.02. The van der Waals surface area contributed by atoms with Gasteiger partial charge in [-0.2, -0.15) is 4.98 Å². The fourth-order valence-electron chi connectivity index (χ4n) is 3.45. The molecule has 192 valence electrons. The summed E-state index contributed by atoms with van der Waals surface area (Å²) in [6.07, 6.45) is 0.848. The molecule has 0 aliphatic heterocycles. The highest BCUT2D eigenvalue weighted by atomic mass is 32.2. The number of hydrogen-bond donors (Lipinski definition) is 3. The van der Waals surface area contributed by atoms with Crippen LogP contribution >= 0.6 is 0 Å². The van der Waals surface area contributed by atoms with Crippen molar-refractivity contribution in [2.75, 3.05) is 5.32 Å². The second kappa shape index (κ2) is 12.1. The molecule has 0 unspecified atom stereocenters. The summed E-state index contributed by atoms with van der Waals surface area (Å²) in [5, 5.41) is 19.5. The largest absolute Gasteiger partial charge is 0.481 e. The topological polar surface area (TPSA) is 165 Å². The smallest absolute Gasteiger partial charge is 0.300 e. The molecule has 0 radical (unpaired) electrons. The van der Waals surface area contributed by atoms with Crippen molar-refractivity contribution in [3.8, 4) is 22.5 Å². The molecule has 0 atom stereocenters. The third kappa shape index (κ3) is 8.09. The molecule has 10 nitrogen and oxygen atoms in total. The number of amides is 1. The first-order valence-corrected chi connectivity index (χ1v) is 12.7. The number of aliphatic carboxylic acids is 1. The van der Waals surface area contributed by atoms with Crippen LogP contribution in [-0.4, -0.2) is 35.5 Å². The van der Waals surface area contributed by atoms with Gasteiger partial charge in [-0.15, -0.1) is 0 Å². The van der Waals surface area contributed by atoms with Gasteiger partial charge in [0.2, 0.25) is 27.6 Å². The highest BCUT2D eigenvalue weighted by molar-refractivity contribution is 7.89. The lowest BCUT2D eigenvalue weighted by Crippen LogP contribution is -2.13. The average molecular weight is 523 g/mol. The number of aryl methyl sites for hydroxylation is 2. The van der Waals surface area contributed by atoms with Crippen LogP contribution in [0.3, 0.4) is 0 Å². The Labute approximate surface area is 214 Å². The lowest BCUT2D eigenvalue weighted by Gasteiger charge is -2.10. The van der Waals surface area contributed by atoms with E-state index in [0.717, 1.165) is 18.1 Å². The fourth-order valence-corrected chi connectivity index (χ4v) is 4.21. The van der Waals surface area contributed by atoms with Crippen LogP contribution in [0.5, 0.6) is 0 Å². The summed E-state index contributed by atoms with van der Waals surface area (Å²) in [6, 6.07) is 21.1. The van der Waals surface area contributed by atoms with Crippen LogP contribution in [0.4, 0.5) is 5.69 Å². The number of carboxylic acid groups (broad SMARTS) is 1. The first-order valence-electron chi connectivity index (χ1n) is 11.1. The van der Waals surface area contributed by atoms with E-state index in [2.05, 4.69) is 15.5 Å². The summed E-state index contributed by atoms with van der Waals surface area (Å²) < 4.78 is 28.7. The van der Waals surface area contributed by atoms with Crippen LogP contribution in [-0.2, 0) is 26.0 Å². The van der Waals surface area contributed by atoms with Crippen molar-refractivity contribution in [1.82, 2.24) is 10.1 Å². The van der Waals surface area contributed by atoms with Gasteiger partial charge in [-0.1, -0.05) is 53.7 Å². The normalized spacial score (nSPS) is 10.8. The van der Waals surface area contributed by atoms with E-state index in [1.165, 1.54) is 6.07 Å². The number of carboxylic acids is 1. The molecular formula is C26H26N4O6S. The van der Waals surface area contributed by atoms with Gasteiger partial charge in [0.1, 0.15) is 0 Å². The Morgan fingerprint density at radius 3 is 2.30 bits per heavy atom. The Kier molecular flexibility index (Phi) is 8.88. The number of hydrogen-bond acceptors (Lipinski definition) is 7. The Balaban J connectivity index is 0.000000886. The summed E-state index contributed by atoms with van der Waals surface area (Å²) in [4.78, 5) is 25.7. The quantitative estimate of drug-likeness (QED) is 0.327. The Bertz CT molecular complexity index is 1490. The van der Waals surface area contributed by atoms with Crippen LogP contribution in [0.25, 0.3) is 22.5 Å². The van der Waals surface area contributed by atoms with E-state index < -0.39 is 16.0 Å². The summed E-state index contributed by atoms with van der Waals surface area (Å²) in [6.45, 7) is 2.82. The molecule has 1 amide bonds. The third-order valence-electron chi connectivity index (χ3n) is 5.03. The molecule has 4 N–H and O–H groups in total. The van der Waals surface area contributed by atoms with E-state index in [-0.39, 0.29) is 10.8 Å². The van der Waals surface area contributed by atoms with Gasteiger partial charge < -0.3 is 14.9 Å². The number of aromatic nitrogens is 2. The minimum absolute atomic E-state index is 0.0556. The van der Waals surface area contributed by atoms with E-state index >= 15 is 0 Å². The van der Waals surface area contributed by atoms with Crippen molar-refractivity contribution in [1.29, 1.82) is 0 Å². The standard InChI is InChI=1S/C24H22N4O4S.C2H4O2/c1-16-26-24(28-32-16)19-6-4-5-17(15-19)9-14-23(29)27-20-12-10-18(11-13-20)21-7-2-3-8-22(21)33(25,30)31;1-2(3)4/h2-8,10-13,15H,9,14H2,1H3,(H,27,29)(H2,25,30,31);1H3,(H,3,4). The minimum Gasteiger partial charge on any atom is -0.481 e. The number of nitrogens with two attached hydrogens (primary N) is 1. The number of nitrogens with one attached hydrogen (secondary N) is 1. The molecule has 1 heterocycles. The zero-order valence-electron chi connectivity index (χ0n) is 20.2. The zero-order valence-corrected chi connectivity index (χ0v) is 21.0. The van der Waals surface area contributed by atoms with Gasteiger partial charge in [-0.05, 0) is 41.8 Å². The number of carbonyl (C=O) groups excluding carboxylic acids is 1. The number of anilines is 1. The van der Waals surface area contributed by atoms with Crippen molar-refractivity contribution < 1.29 is 27.6 Å². The van der Waals surface area contributed by atoms with Gasteiger partial charge in [-0.3, -0.25) is 9.59 Å². The number of benzene rings is 3. The first-order chi connectivity index (χ1) is 17.5. The molecule has 1 aromatic heterocycles. The van der Waals surface area contributed by atoms with Crippen LogP contribution in [0.1, 0.15) is 24.8 Å². The van der Waals surface area contributed by atoms with Gasteiger partial charge in [0, 0.05) is 37.1 Å². The number of rotatable bonds is 7. The van der Waals surface area contributed by atoms with Crippen LogP contribution in [0.2, 0.25) is 0 Å². The fraction of sp³-hybridized carbons (Fsp3) is 0.154. The Morgan fingerprint density at radius 2 is 1.68 bits per heavy atom. The summed E-state index contributed by atoms with van der Waals surface area (Å²) >= 11 is 0. The molecule has 4 rings (SSSR count). The molecule has 3 aromatic carbocycles. The van der Waals surface area contributed by atoms with E-state index in [0.29, 0.717) is 41.4 Å². The Hall–Kier alpha value is -4.35. The number of carbonyl (C=O) groups is 2. The maximum Gasteiger partial charge on any atom is 0.300 e. The lowest BCUT2D eigenvalue weighted by atomic mass is 10.0. The molecular weight excluding hydrogens is 496 g/mol. The highest BCUT2D eigenvalue weighted by Crippen LogP contribution is 2.27. The maximum atomic E-state index is 12.4. The number of sulfonamides is 1. The third-order valence-corrected chi connectivity index (χ3v) is 6.00. The minimum atomic E-state index is -3.85. The van der Waals surface area contributed by atoms with Crippen molar-refractivity contribution in [3.05, 3.63) is 84.3 Å². The highest BCUT2D eigenvalue weighted by Gasteiger charge is 2.14. The van der Waals surface area contributed by atoms with E-state index in [9.17, 15) is 13.2 Å². The summed E-state index contributed by atoms with van der Waals surface area (Å²) in [7, 11) is -3.85. The van der Waals surface area contributed by atoms with Crippen molar-refractivity contribution in [2.45, 2.75) is 31.6 Å². The molecule has 0 aliphatic rings. The molecule has 4 aromatic rings. The predicted octanol–water partition coefficient (Wildman–Crippen LogP) is 4.02. The molecule has 0 bridgehead atoms. The van der Waals surface area contributed by atoms with Gasteiger partial charge >= 0.3 is 0 Å². The number of primary sulfonamides is 1. The van der Waals surface area contributed by atoms with Crippen molar-refractivity contribution in [2.24, 2.45) is 5.14 Å². The molecule has 0 spiro atoms. The predicted molar refractivity (Wildman–Crippen MR) is 138 cm³/mol. The molecule has 0 aliphatic carbocycles. The van der Waals surface area contributed by atoms with E-state index in [1.807, 2.05) is 24.3 Å². The Morgan fingerprint density at radius 1 is 1.00 bits per heavy atom. The molecule has 37 heavy (non-hydrogen) atoms. The van der Waals surface area contributed by atoms with Crippen LogP contribution < -0.4 is 10.5 Å². The van der Waals surface area contributed by atoms with Crippen LogP contribution in [0.15, 0.2) is 82.2 Å². The average Bonchev–Trinajstić information content (AvgIpc) is 3.29. The van der Waals surface area contributed by atoms with Crippen LogP contribution in [0, 0.1) is 6.92 Å². The van der Waals surface area contributed by atoms with Crippen molar-refractivity contribution in [3.63, 3.8) is 0 Å². The SMILES string of the molecule is CC(=O)O.Cc1nc(-c2cccc(CCC(=O)Nc3ccc(-c4ccccc4S(N)(=O)=O)cc3)c2)no1. The summed E-state index contributed by atoms with van der Waals surface area (Å²) in [5.74, 6) is 0.0466. The van der Waals surface area contributed by atoms with Crippen molar-refractivity contribution >= 4 is 27.6 Å². The van der Waals surface area contributed by atoms with Gasteiger partial charge in [0.05, 0.1) is 4.90 Å². The monoisotopic (exact) mass is 522 g/mol. The van der Waals surface area contributed by atoms with Gasteiger partial charge in [-0.25, -0.2) is 13.6 Å². The van der Waals surface area contributed by atoms with Gasteiger partial charge in [0.25, 0.3) is 5.97 Å². The van der Waals surface area contributed by atoms with E-state index in [4.69, 9.17) is 19.6 Å². The maximum absolute atomic E-state index is 12.4. The van der Waals surface area contributed by atoms with Gasteiger partial charge in [0.15, 0.2) is 0 Å². The molecule has 0 saturated carbocycles. The number of nitrogens with zero attached hydrogens (tertiary/aromatic N) is 2. The zero-order chi connectivity index (χ0) is 27.0. The molecule has 0 saturated heterocycles. The lowest BCUT2D eigenvalue weighted by molar-refractivity contribution is -0.134. The second-order valence-corrected chi connectivity index (χ2v) is 9.55. The summed E-state index contributed by atoms with van der Waals surface area (Å²) in [5.41, 5.74) is 3.63.